The van der Waals surface area contributed by atoms with Crippen LogP contribution in [0.25, 0.3) is 0 Å². The van der Waals surface area contributed by atoms with Crippen molar-refractivity contribution in [1.29, 1.82) is 0 Å². The van der Waals surface area contributed by atoms with Crippen LogP contribution < -0.4 is 14.4 Å². The van der Waals surface area contributed by atoms with Gasteiger partial charge in [-0.15, -0.1) is 0 Å². The molecule has 0 radical (unpaired) electrons. The Balaban J connectivity index is 1.72. The molecule has 1 aliphatic heterocycles. The highest BCUT2D eigenvalue weighted by atomic mass is 32.2. The Morgan fingerprint density at radius 3 is 2.16 bits per heavy atom. The standard InChI is InChI=1S/C22H29N3O5S/c1-22(2,3)30-21(26)25-15-13-24(14-16-25)20-8-6-5-7-19(20)23-31(27,28)18-11-9-17(29-4)10-12-18/h5-12,23H,13-16H2,1-4H3. The maximum absolute atomic E-state index is 12.9. The third-order valence-corrected chi connectivity index (χ3v) is 6.17. The molecule has 0 spiro atoms. The average molecular weight is 448 g/mol. The summed E-state index contributed by atoms with van der Waals surface area (Å²) in [4.78, 5) is 16.2. The van der Waals surface area contributed by atoms with Gasteiger partial charge in [-0.3, -0.25) is 4.72 Å². The van der Waals surface area contributed by atoms with Crippen molar-refractivity contribution in [1.82, 2.24) is 4.90 Å². The third kappa shape index (κ3) is 5.81. The number of nitrogens with one attached hydrogen (secondary N) is 1. The number of piperazine rings is 1. The summed E-state index contributed by atoms with van der Waals surface area (Å²) in [6, 6.07) is 13.5. The van der Waals surface area contributed by atoms with E-state index in [0.717, 1.165) is 5.69 Å². The summed E-state index contributed by atoms with van der Waals surface area (Å²) < 4.78 is 39.0. The highest BCUT2D eigenvalue weighted by Crippen LogP contribution is 2.29. The van der Waals surface area contributed by atoms with Gasteiger partial charge in [0, 0.05) is 26.2 Å². The summed E-state index contributed by atoms with van der Waals surface area (Å²) in [7, 11) is -2.23. The monoisotopic (exact) mass is 447 g/mol. The first-order valence-electron chi connectivity index (χ1n) is 10.1. The van der Waals surface area contributed by atoms with Crippen LogP contribution in [0, 0.1) is 0 Å². The molecule has 1 amide bonds. The molecular formula is C22H29N3O5S. The zero-order valence-corrected chi connectivity index (χ0v) is 19.1. The van der Waals surface area contributed by atoms with Crippen LogP contribution in [-0.2, 0) is 14.8 Å². The lowest BCUT2D eigenvalue weighted by atomic mass is 10.2. The van der Waals surface area contributed by atoms with Gasteiger partial charge in [-0.2, -0.15) is 0 Å². The van der Waals surface area contributed by atoms with E-state index in [2.05, 4.69) is 9.62 Å². The normalized spacial score (nSPS) is 14.8. The number of nitrogens with zero attached hydrogens (tertiary/aromatic N) is 2. The lowest BCUT2D eigenvalue weighted by Gasteiger charge is -2.37. The molecule has 0 saturated carbocycles. The van der Waals surface area contributed by atoms with Crippen molar-refractivity contribution in [3.63, 3.8) is 0 Å². The third-order valence-electron chi connectivity index (χ3n) is 4.79. The molecule has 0 atom stereocenters. The molecule has 1 heterocycles. The predicted molar refractivity (Wildman–Crippen MR) is 120 cm³/mol. The van der Waals surface area contributed by atoms with E-state index in [4.69, 9.17) is 9.47 Å². The van der Waals surface area contributed by atoms with Gasteiger partial charge in [0.25, 0.3) is 10.0 Å². The minimum atomic E-state index is -3.76. The first kappa shape index (κ1) is 22.7. The number of carbonyl (C=O) groups is 1. The summed E-state index contributed by atoms with van der Waals surface area (Å²) in [6.45, 7) is 7.65. The highest BCUT2D eigenvalue weighted by molar-refractivity contribution is 7.92. The van der Waals surface area contributed by atoms with Crippen molar-refractivity contribution in [3.05, 3.63) is 48.5 Å². The van der Waals surface area contributed by atoms with Crippen LogP contribution in [0.15, 0.2) is 53.4 Å². The zero-order valence-electron chi connectivity index (χ0n) is 18.3. The quantitative estimate of drug-likeness (QED) is 0.754. The number of methoxy groups -OCH3 is 1. The Hall–Kier alpha value is -2.94. The molecule has 31 heavy (non-hydrogen) atoms. The Kier molecular flexibility index (Phi) is 6.64. The van der Waals surface area contributed by atoms with E-state index in [0.29, 0.717) is 37.6 Å². The summed E-state index contributed by atoms with van der Waals surface area (Å²) in [6.07, 6.45) is -0.333. The summed E-state index contributed by atoms with van der Waals surface area (Å²) in [5.41, 5.74) is 0.716. The Labute approximate surface area is 183 Å². The summed E-state index contributed by atoms with van der Waals surface area (Å²) in [5, 5.41) is 0. The average Bonchev–Trinajstić information content (AvgIpc) is 2.73. The highest BCUT2D eigenvalue weighted by Gasteiger charge is 2.27. The van der Waals surface area contributed by atoms with Crippen molar-refractivity contribution in [3.8, 4) is 5.75 Å². The maximum Gasteiger partial charge on any atom is 0.410 e. The lowest BCUT2D eigenvalue weighted by Crippen LogP contribution is -2.50. The van der Waals surface area contributed by atoms with Gasteiger partial charge in [0.15, 0.2) is 0 Å². The Morgan fingerprint density at radius 1 is 0.968 bits per heavy atom. The minimum absolute atomic E-state index is 0.151. The molecule has 8 nitrogen and oxygen atoms in total. The molecule has 1 saturated heterocycles. The van der Waals surface area contributed by atoms with Crippen molar-refractivity contribution >= 4 is 27.5 Å². The van der Waals surface area contributed by atoms with Gasteiger partial charge >= 0.3 is 6.09 Å². The van der Waals surface area contributed by atoms with Crippen LogP contribution in [0.2, 0.25) is 0 Å². The van der Waals surface area contributed by atoms with Gasteiger partial charge < -0.3 is 19.3 Å². The van der Waals surface area contributed by atoms with Gasteiger partial charge in [0.05, 0.1) is 23.4 Å². The molecule has 0 aromatic heterocycles. The van der Waals surface area contributed by atoms with Crippen molar-refractivity contribution in [2.75, 3.05) is 42.9 Å². The van der Waals surface area contributed by atoms with Crippen LogP contribution in [0.3, 0.4) is 0 Å². The fourth-order valence-electron chi connectivity index (χ4n) is 3.25. The van der Waals surface area contributed by atoms with Gasteiger partial charge in [-0.1, -0.05) is 12.1 Å². The van der Waals surface area contributed by atoms with Crippen molar-refractivity contribution in [2.45, 2.75) is 31.3 Å². The second-order valence-electron chi connectivity index (χ2n) is 8.25. The van der Waals surface area contributed by atoms with E-state index in [1.54, 1.807) is 29.2 Å². The van der Waals surface area contributed by atoms with Crippen LogP contribution >= 0.6 is 0 Å². The maximum atomic E-state index is 12.9. The number of ether oxygens (including phenoxy) is 2. The van der Waals surface area contributed by atoms with Gasteiger partial charge in [0.1, 0.15) is 11.4 Å². The first-order chi connectivity index (χ1) is 14.6. The molecule has 2 aromatic carbocycles. The van der Waals surface area contributed by atoms with Crippen LogP contribution in [0.5, 0.6) is 5.75 Å². The second kappa shape index (κ2) is 9.05. The van der Waals surface area contributed by atoms with E-state index < -0.39 is 15.6 Å². The van der Waals surface area contributed by atoms with E-state index in [1.807, 2.05) is 32.9 Å². The Bertz CT molecular complexity index is 1010. The van der Waals surface area contributed by atoms with Gasteiger partial charge in [0.2, 0.25) is 0 Å². The number of rotatable bonds is 5. The fraction of sp³-hybridized carbons (Fsp3) is 0.409. The number of amides is 1. The number of anilines is 2. The number of para-hydroxylation sites is 2. The number of benzene rings is 2. The van der Waals surface area contributed by atoms with Crippen LogP contribution in [-0.4, -0.2) is 58.3 Å². The molecule has 1 N–H and O–H groups in total. The fourth-order valence-corrected chi connectivity index (χ4v) is 4.33. The molecule has 168 valence electrons. The lowest BCUT2D eigenvalue weighted by molar-refractivity contribution is 0.0240. The minimum Gasteiger partial charge on any atom is -0.497 e. The largest absolute Gasteiger partial charge is 0.497 e. The second-order valence-corrected chi connectivity index (χ2v) is 9.94. The SMILES string of the molecule is COc1ccc(S(=O)(=O)Nc2ccccc2N2CCN(C(=O)OC(C)(C)C)CC2)cc1. The number of carbonyl (C=O) groups excluding carboxylic acids is 1. The molecular weight excluding hydrogens is 418 g/mol. The van der Waals surface area contributed by atoms with E-state index in [-0.39, 0.29) is 11.0 Å². The molecule has 0 unspecified atom stereocenters. The van der Waals surface area contributed by atoms with Crippen LogP contribution in [0.4, 0.5) is 16.2 Å². The number of hydrogen-bond acceptors (Lipinski definition) is 6. The van der Waals surface area contributed by atoms with E-state index in [9.17, 15) is 13.2 Å². The van der Waals surface area contributed by atoms with Gasteiger partial charge in [-0.05, 0) is 57.2 Å². The first-order valence-corrected chi connectivity index (χ1v) is 11.6. The molecule has 9 heteroatoms. The molecule has 0 aliphatic carbocycles. The Morgan fingerprint density at radius 2 is 1.58 bits per heavy atom. The molecule has 1 aliphatic rings. The zero-order chi connectivity index (χ0) is 22.6. The smallest absolute Gasteiger partial charge is 0.410 e. The number of hydrogen-bond donors (Lipinski definition) is 1. The van der Waals surface area contributed by atoms with Crippen molar-refractivity contribution in [2.24, 2.45) is 0 Å². The topological polar surface area (TPSA) is 88.2 Å². The molecule has 2 aromatic rings. The summed E-state index contributed by atoms with van der Waals surface area (Å²) >= 11 is 0. The van der Waals surface area contributed by atoms with E-state index >= 15 is 0 Å². The van der Waals surface area contributed by atoms with Crippen LogP contribution in [0.1, 0.15) is 20.8 Å². The van der Waals surface area contributed by atoms with Gasteiger partial charge in [-0.25, -0.2) is 13.2 Å². The summed E-state index contributed by atoms with van der Waals surface area (Å²) in [5.74, 6) is 0.585. The van der Waals surface area contributed by atoms with Crippen molar-refractivity contribution < 1.29 is 22.7 Å². The molecule has 3 rings (SSSR count). The molecule has 1 fully saturated rings. The van der Waals surface area contributed by atoms with E-state index in [1.165, 1.54) is 19.2 Å². The predicted octanol–water partition coefficient (Wildman–Crippen LogP) is 3.55. The number of sulfonamides is 1. The molecule has 0 bridgehead atoms.